The van der Waals surface area contributed by atoms with Crippen molar-refractivity contribution in [1.29, 1.82) is 0 Å². The molecule has 0 saturated heterocycles. The van der Waals surface area contributed by atoms with E-state index in [0.29, 0.717) is 31.1 Å². The van der Waals surface area contributed by atoms with E-state index in [9.17, 15) is 9.59 Å². The van der Waals surface area contributed by atoms with Gasteiger partial charge in [-0.25, -0.2) is 4.98 Å². The van der Waals surface area contributed by atoms with Gasteiger partial charge in [0.1, 0.15) is 5.69 Å². The van der Waals surface area contributed by atoms with Crippen LogP contribution in [0.2, 0.25) is 0 Å². The number of aromatic nitrogens is 2. The fourth-order valence-corrected chi connectivity index (χ4v) is 3.34. The van der Waals surface area contributed by atoms with E-state index in [-0.39, 0.29) is 17.9 Å². The van der Waals surface area contributed by atoms with Crippen molar-refractivity contribution in [2.75, 3.05) is 6.54 Å². The summed E-state index contributed by atoms with van der Waals surface area (Å²) in [5, 5.41) is 2.93. The quantitative estimate of drug-likeness (QED) is 0.634. The molecule has 152 valence electrons. The van der Waals surface area contributed by atoms with Crippen molar-refractivity contribution in [1.82, 2.24) is 14.9 Å². The van der Waals surface area contributed by atoms with Crippen LogP contribution in [0, 0.1) is 12.8 Å². The summed E-state index contributed by atoms with van der Waals surface area (Å²) in [7, 11) is 0. The predicted octanol–water partition coefficient (Wildman–Crippen LogP) is 3.85. The van der Waals surface area contributed by atoms with E-state index in [2.05, 4.69) is 24.1 Å². The molecule has 0 radical (unpaired) electrons. The first-order chi connectivity index (χ1) is 14.0. The van der Waals surface area contributed by atoms with Gasteiger partial charge in [-0.15, -0.1) is 0 Å². The van der Waals surface area contributed by atoms with Crippen LogP contribution in [0.5, 0.6) is 0 Å². The molecular formula is C24H29N3O2. The van der Waals surface area contributed by atoms with Crippen LogP contribution in [0.4, 0.5) is 0 Å². The molecular weight excluding hydrogens is 362 g/mol. The molecule has 1 aromatic heterocycles. The van der Waals surface area contributed by atoms with Gasteiger partial charge in [0.15, 0.2) is 0 Å². The van der Waals surface area contributed by atoms with E-state index in [1.165, 1.54) is 0 Å². The molecule has 1 N–H and O–H groups in total. The minimum Gasteiger partial charge on any atom is -0.356 e. The number of para-hydroxylation sites is 2. The Morgan fingerprint density at radius 1 is 1.10 bits per heavy atom. The standard InChI is InChI=1S/C24H29N3O2/c1-17(2)14-15-25-23(28)13-12-21-24(29)27(16-19-9-5-4-8-18(19)3)22-11-7-6-10-20(22)26-21/h4-11,17H,12-16H2,1-3H3,(H,25,28). The van der Waals surface area contributed by atoms with Crippen molar-refractivity contribution < 1.29 is 4.79 Å². The van der Waals surface area contributed by atoms with Crippen molar-refractivity contribution in [2.24, 2.45) is 5.92 Å². The molecule has 29 heavy (non-hydrogen) atoms. The molecule has 0 fully saturated rings. The number of rotatable bonds is 8. The van der Waals surface area contributed by atoms with Crippen LogP contribution in [-0.4, -0.2) is 22.0 Å². The highest BCUT2D eigenvalue weighted by molar-refractivity contribution is 5.77. The van der Waals surface area contributed by atoms with Crippen molar-refractivity contribution in [3.63, 3.8) is 0 Å². The van der Waals surface area contributed by atoms with E-state index < -0.39 is 0 Å². The number of nitrogens with one attached hydrogen (secondary N) is 1. The van der Waals surface area contributed by atoms with Crippen molar-refractivity contribution in [3.05, 3.63) is 75.7 Å². The fraction of sp³-hybridized carbons (Fsp3) is 0.375. The summed E-state index contributed by atoms with van der Waals surface area (Å²) >= 11 is 0. The lowest BCUT2D eigenvalue weighted by atomic mass is 10.1. The Kier molecular flexibility index (Phi) is 6.81. The number of hydrogen-bond donors (Lipinski definition) is 1. The molecule has 5 heteroatoms. The normalized spacial score (nSPS) is 11.2. The Hall–Kier alpha value is -2.95. The van der Waals surface area contributed by atoms with Crippen LogP contribution >= 0.6 is 0 Å². The van der Waals surface area contributed by atoms with Gasteiger partial charge < -0.3 is 9.88 Å². The van der Waals surface area contributed by atoms with Crippen LogP contribution in [0.1, 0.15) is 43.5 Å². The van der Waals surface area contributed by atoms with E-state index in [1.807, 2.05) is 55.5 Å². The number of carbonyl (C=O) groups excluding carboxylic acids is 1. The maximum absolute atomic E-state index is 13.2. The summed E-state index contributed by atoms with van der Waals surface area (Å²) in [6.45, 7) is 7.46. The first-order valence-corrected chi connectivity index (χ1v) is 10.3. The van der Waals surface area contributed by atoms with E-state index in [1.54, 1.807) is 4.57 Å². The molecule has 3 aromatic rings. The van der Waals surface area contributed by atoms with Crippen LogP contribution in [-0.2, 0) is 17.8 Å². The van der Waals surface area contributed by atoms with Gasteiger partial charge in [-0.1, -0.05) is 50.2 Å². The molecule has 0 saturated carbocycles. The van der Waals surface area contributed by atoms with Crippen molar-refractivity contribution in [2.45, 2.75) is 46.6 Å². The summed E-state index contributed by atoms with van der Waals surface area (Å²) in [5.41, 5.74) is 4.15. The van der Waals surface area contributed by atoms with Gasteiger partial charge >= 0.3 is 0 Å². The zero-order chi connectivity index (χ0) is 20.8. The maximum atomic E-state index is 13.2. The molecule has 3 rings (SSSR count). The Bertz CT molecular complexity index is 1050. The molecule has 1 amide bonds. The number of amides is 1. The van der Waals surface area contributed by atoms with Crippen molar-refractivity contribution >= 4 is 16.9 Å². The Balaban J connectivity index is 1.85. The molecule has 0 spiro atoms. The number of nitrogens with zero attached hydrogens (tertiary/aromatic N) is 2. The van der Waals surface area contributed by atoms with Crippen LogP contribution in [0.25, 0.3) is 11.0 Å². The third-order valence-corrected chi connectivity index (χ3v) is 5.14. The van der Waals surface area contributed by atoms with E-state index in [0.717, 1.165) is 28.6 Å². The highest BCUT2D eigenvalue weighted by atomic mass is 16.1. The Morgan fingerprint density at radius 2 is 1.83 bits per heavy atom. The summed E-state index contributed by atoms with van der Waals surface area (Å²) in [6, 6.07) is 15.7. The molecule has 0 atom stereocenters. The topological polar surface area (TPSA) is 64.0 Å². The summed E-state index contributed by atoms with van der Waals surface area (Å²) in [4.78, 5) is 29.9. The van der Waals surface area contributed by atoms with E-state index >= 15 is 0 Å². The van der Waals surface area contributed by atoms with Crippen LogP contribution in [0.15, 0.2) is 53.3 Å². The molecule has 0 aliphatic rings. The van der Waals surface area contributed by atoms with E-state index in [4.69, 9.17) is 0 Å². The highest BCUT2D eigenvalue weighted by Crippen LogP contribution is 2.15. The summed E-state index contributed by atoms with van der Waals surface area (Å²) < 4.78 is 1.77. The zero-order valence-corrected chi connectivity index (χ0v) is 17.4. The summed E-state index contributed by atoms with van der Waals surface area (Å²) in [6.07, 6.45) is 1.55. The lowest BCUT2D eigenvalue weighted by molar-refractivity contribution is -0.121. The molecule has 5 nitrogen and oxygen atoms in total. The largest absolute Gasteiger partial charge is 0.356 e. The van der Waals surface area contributed by atoms with Gasteiger partial charge in [-0.3, -0.25) is 9.59 Å². The van der Waals surface area contributed by atoms with Gasteiger partial charge in [-0.05, 0) is 42.5 Å². The lowest BCUT2D eigenvalue weighted by Gasteiger charge is -2.14. The molecule has 0 bridgehead atoms. The second-order valence-corrected chi connectivity index (χ2v) is 7.90. The molecule has 0 unspecified atom stereocenters. The molecule has 0 aliphatic heterocycles. The minimum absolute atomic E-state index is 0.0366. The third-order valence-electron chi connectivity index (χ3n) is 5.14. The zero-order valence-electron chi connectivity index (χ0n) is 17.4. The fourth-order valence-electron chi connectivity index (χ4n) is 3.34. The average molecular weight is 392 g/mol. The first kappa shape index (κ1) is 20.8. The van der Waals surface area contributed by atoms with Gasteiger partial charge in [0, 0.05) is 19.4 Å². The predicted molar refractivity (Wildman–Crippen MR) is 117 cm³/mol. The van der Waals surface area contributed by atoms with Crippen molar-refractivity contribution in [3.8, 4) is 0 Å². The smallest absolute Gasteiger partial charge is 0.273 e. The number of aryl methyl sites for hydroxylation is 2. The molecule has 1 heterocycles. The molecule has 2 aromatic carbocycles. The maximum Gasteiger partial charge on any atom is 0.273 e. The second kappa shape index (κ2) is 9.50. The number of carbonyl (C=O) groups is 1. The Morgan fingerprint density at radius 3 is 2.59 bits per heavy atom. The highest BCUT2D eigenvalue weighted by Gasteiger charge is 2.13. The van der Waals surface area contributed by atoms with Crippen LogP contribution in [0.3, 0.4) is 0 Å². The lowest BCUT2D eigenvalue weighted by Crippen LogP contribution is -2.29. The summed E-state index contributed by atoms with van der Waals surface area (Å²) in [5.74, 6) is 0.511. The second-order valence-electron chi connectivity index (χ2n) is 7.90. The average Bonchev–Trinajstić information content (AvgIpc) is 2.70. The first-order valence-electron chi connectivity index (χ1n) is 10.3. The Labute approximate surface area is 171 Å². The van der Waals surface area contributed by atoms with Crippen LogP contribution < -0.4 is 10.9 Å². The number of benzene rings is 2. The third kappa shape index (κ3) is 5.31. The molecule has 0 aliphatic carbocycles. The minimum atomic E-state index is -0.123. The van der Waals surface area contributed by atoms with Gasteiger partial charge in [0.05, 0.1) is 17.6 Å². The number of fused-ring (bicyclic) bond motifs is 1. The van der Waals surface area contributed by atoms with Gasteiger partial charge in [0.2, 0.25) is 5.91 Å². The monoisotopic (exact) mass is 391 g/mol. The van der Waals surface area contributed by atoms with Gasteiger partial charge in [-0.2, -0.15) is 0 Å². The SMILES string of the molecule is Cc1ccccc1Cn1c(=O)c(CCC(=O)NCCC(C)C)nc2ccccc21. The number of hydrogen-bond acceptors (Lipinski definition) is 3. The van der Waals surface area contributed by atoms with Gasteiger partial charge in [0.25, 0.3) is 5.56 Å².